The molecule has 19 heavy (non-hydrogen) atoms. The molecule has 3 rings (SSSR count). The van der Waals surface area contributed by atoms with Crippen LogP contribution in [0.3, 0.4) is 0 Å². The lowest BCUT2D eigenvalue weighted by Gasteiger charge is -2.26. The molecular formula is C14H23BrN4. The molecule has 5 heteroatoms. The molecule has 0 amide bonds. The van der Waals surface area contributed by atoms with Crippen LogP contribution in [0.1, 0.15) is 32.1 Å². The zero-order chi connectivity index (χ0) is 13.1. The molecule has 106 valence electrons. The summed E-state index contributed by atoms with van der Waals surface area (Å²) in [5, 5.41) is 11.7. The van der Waals surface area contributed by atoms with Gasteiger partial charge in [0, 0.05) is 24.8 Å². The molecule has 0 radical (unpaired) electrons. The fourth-order valence-corrected chi connectivity index (χ4v) is 3.95. The van der Waals surface area contributed by atoms with Gasteiger partial charge in [-0.15, -0.1) is 0 Å². The van der Waals surface area contributed by atoms with Crippen LogP contribution < -0.4 is 10.6 Å². The van der Waals surface area contributed by atoms with Crippen molar-refractivity contribution in [1.82, 2.24) is 20.4 Å². The van der Waals surface area contributed by atoms with Crippen LogP contribution in [0.4, 0.5) is 0 Å². The molecule has 1 saturated carbocycles. The van der Waals surface area contributed by atoms with Gasteiger partial charge in [0.15, 0.2) is 0 Å². The number of halogens is 1. The number of aromatic nitrogens is 2. The molecule has 1 saturated heterocycles. The Kier molecular flexibility index (Phi) is 4.56. The monoisotopic (exact) mass is 326 g/mol. The number of nitrogens with one attached hydrogen (secondary N) is 2. The summed E-state index contributed by atoms with van der Waals surface area (Å²) in [6.07, 6.45) is 10.7. The van der Waals surface area contributed by atoms with Crippen LogP contribution in [0, 0.1) is 5.92 Å². The van der Waals surface area contributed by atoms with Crippen molar-refractivity contribution in [1.29, 1.82) is 0 Å². The molecule has 0 spiro atoms. The van der Waals surface area contributed by atoms with E-state index in [0.29, 0.717) is 6.04 Å². The van der Waals surface area contributed by atoms with Crippen LogP contribution in [0.5, 0.6) is 0 Å². The van der Waals surface area contributed by atoms with Gasteiger partial charge in [0.1, 0.15) is 0 Å². The van der Waals surface area contributed by atoms with Crippen molar-refractivity contribution in [3.8, 4) is 0 Å². The highest BCUT2D eigenvalue weighted by atomic mass is 79.9. The largest absolute Gasteiger partial charge is 0.314 e. The first kappa shape index (κ1) is 13.6. The first-order valence-corrected chi connectivity index (χ1v) is 8.27. The van der Waals surface area contributed by atoms with Crippen LogP contribution in [-0.4, -0.2) is 35.0 Å². The van der Waals surface area contributed by atoms with E-state index in [4.69, 9.17) is 0 Å². The molecule has 1 aliphatic carbocycles. The Morgan fingerprint density at radius 2 is 2.32 bits per heavy atom. The molecule has 1 aromatic heterocycles. The molecule has 2 N–H and O–H groups in total. The van der Waals surface area contributed by atoms with Gasteiger partial charge in [-0.2, -0.15) is 5.10 Å². The van der Waals surface area contributed by atoms with E-state index in [1.54, 1.807) is 0 Å². The maximum Gasteiger partial charge on any atom is 0.0632 e. The molecule has 3 unspecified atom stereocenters. The quantitative estimate of drug-likeness (QED) is 0.871. The third-order valence-corrected chi connectivity index (χ3v) is 4.94. The Labute approximate surface area is 123 Å². The molecule has 2 heterocycles. The van der Waals surface area contributed by atoms with Gasteiger partial charge in [-0.05, 0) is 54.1 Å². The van der Waals surface area contributed by atoms with E-state index >= 15 is 0 Å². The molecular weight excluding hydrogens is 304 g/mol. The maximum absolute atomic E-state index is 4.29. The molecule has 3 atom stereocenters. The Balaban J connectivity index is 1.46. The molecule has 0 bridgehead atoms. The molecule has 2 aliphatic rings. The van der Waals surface area contributed by atoms with Gasteiger partial charge in [0.25, 0.3) is 0 Å². The third kappa shape index (κ3) is 3.38. The predicted octanol–water partition coefficient (Wildman–Crippen LogP) is 2.16. The summed E-state index contributed by atoms with van der Waals surface area (Å²) in [7, 11) is 0. The van der Waals surface area contributed by atoms with E-state index in [0.717, 1.165) is 29.5 Å². The highest BCUT2D eigenvalue weighted by molar-refractivity contribution is 9.10. The maximum atomic E-state index is 4.29. The SMILES string of the molecule is Brc1cnn(CCNC2CCCC2C2CCCN2)c1. The second-order valence-electron chi connectivity index (χ2n) is 5.78. The summed E-state index contributed by atoms with van der Waals surface area (Å²) < 4.78 is 3.05. The molecule has 2 fully saturated rings. The Hall–Kier alpha value is -0.390. The van der Waals surface area contributed by atoms with Crippen molar-refractivity contribution in [2.75, 3.05) is 13.1 Å². The van der Waals surface area contributed by atoms with E-state index in [1.165, 1.54) is 38.6 Å². The first-order valence-electron chi connectivity index (χ1n) is 7.47. The van der Waals surface area contributed by atoms with Crippen molar-refractivity contribution >= 4 is 15.9 Å². The summed E-state index contributed by atoms with van der Waals surface area (Å²) in [6, 6.07) is 1.47. The number of hydrogen-bond acceptors (Lipinski definition) is 3. The minimum absolute atomic E-state index is 0.703. The lowest BCUT2D eigenvalue weighted by atomic mass is 9.93. The molecule has 1 aliphatic heterocycles. The van der Waals surface area contributed by atoms with Gasteiger partial charge in [-0.3, -0.25) is 4.68 Å². The normalized spacial score (nSPS) is 31.1. The van der Waals surface area contributed by atoms with Crippen LogP contribution in [-0.2, 0) is 6.54 Å². The van der Waals surface area contributed by atoms with E-state index in [2.05, 4.69) is 31.7 Å². The van der Waals surface area contributed by atoms with Crippen molar-refractivity contribution in [3.63, 3.8) is 0 Å². The second kappa shape index (κ2) is 6.37. The van der Waals surface area contributed by atoms with E-state index in [-0.39, 0.29) is 0 Å². The third-order valence-electron chi connectivity index (χ3n) is 4.53. The Bertz CT molecular complexity index is 400. The van der Waals surface area contributed by atoms with Crippen molar-refractivity contribution in [2.45, 2.75) is 50.7 Å². The fourth-order valence-electron chi connectivity index (χ4n) is 3.63. The van der Waals surface area contributed by atoms with Crippen molar-refractivity contribution < 1.29 is 0 Å². The molecule has 0 aromatic carbocycles. The zero-order valence-electron chi connectivity index (χ0n) is 11.3. The fraction of sp³-hybridized carbons (Fsp3) is 0.786. The summed E-state index contributed by atoms with van der Waals surface area (Å²) in [4.78, 5) is 0. The highest BCUT2D eigenvalue weighted by Gasteiger charge is 2.34. The smallest absolute Gasteiger partial charge is 0.0632 e. The lowest BCUT2D eigenvalue weighted by Crippen LogP contribution is -2.43. The predicted molar refractivity (Wildman–Crippen MR) is 80.1 cm³/mol. The van der Waals surface area contributed by atoms with Crippen molar-refractivity contribution in [3.05, 3.63) is 16.9 Å². The lowest BCUT2D eigenvalue weighted by molar-refractivity contribution is 0.316. The van der Waals surface area contributed by atoms with Gasteiger partial charge < -0.3 is 10.6 Å². The number of rotatable bonds is 5. The van der Waals surface area contributed by atoms with Crippen LogP contribution in [0.25, 0.3) is 0 Å². The van der Waals surface area contributed by atoms with Gasteiger partial charge in [-0.25, -0.2) is 0 Å². The standard InChI is InChI=1S/C14H23BrN4/c15-11-9-18-19(10-11)8-7-17-13-4-1-3-12(13)14-5-2-6-16-14/h9-10,12-14,16-17H,1-8H2. The minimum atomic E-state index is 0.703. The molecule has 4 nitrogen and oxygen atoms in total. The Morgan fingerprint density at radius 3 is 3.05 bits per heavy atom. The van der Waals surface area contributed by atoms with Crippen molar-refractivity contribution in [2.24, 2.45) is 5.92 Å². The average molecular weight is 327 g/mol. The second-order valence-corrected chi connectivity index (χ2v) is 6.70. The van der Waals surface area contributed by atoms with Crippen LogP contribution in [0.15, 0.2) is 16.9 Å². The average Bonchev–Trinajstić information content (AvgIpc) is 3.09. The Morgan fingerprint density at radius 1 is 1.37 bits per heavy atom. The van der Waals surface area contributed by atoms with Gasteiger partial charge >= 0.3 is 0 Å². The van der Waals surface area contributed by atoms with E-state index in [9.17, 15) is 0 Å². The van der Waals surface area contributed by atoms with E-state index in [1.807, 2.05) is 17.1 Å². The summed E-state index contributed by atoms with van der Waals surface area (Å²) in [5.41, 5.74) is 0. The van der Waals surface area contributed by atoms with Crippen LogP contribution >= 0.6 is 15.9 Å². The van der Waals surface area contributed by atoms with E-state index < -0.39 is 0 Å². The highest BCUT2D eigenvalue weighted by Crippen LogP contribution is 2.31. The number of hydrogen-bond donors (Lipinski definition) is 2. The van der Waals surface area contributed by atoms with Gasteiger partial charge in [-0.1, -0.05) is 6.42 Å². The summed E-state index contributed by atoms with van der Waals surface area (Å²) >= 11 is 3.43. The number of nitrogens with zero attached hydrogens (tertiary/aromatic N) is 2. The first-order chi connectivity index (χ1) is 9.33. The zero-order valence-corrected chi connectivity index (χ0v) is 12.9. The topological polar surface area (TPSA) is 41.9 Å². The van der Waals surface area contributed by atoms with Crippen LogP contribution in [0.2, 0.25) is 0 Å². The van der Waals surface area contributed by atoms with Gasteiger partial charge in [0.2, 0.25) is 0 Å². The molecule has 1 aromatic rings. The summed E-state index contributed by atoms with van der Waals surface area (Å²) in [6.45, 7) is 3.18. The minimum Gasteiger partial charge on any atom is -0.314 e. The summed E-state index contributed by atoms with van der Waals surface area (Å²) in [5.74, 6) is 0.840. The van der Waals surface area contributed by atoms with Gasteiger partial charge in [0.05, 0.1) is 17.2 Å².